The lowest BCUT2D eigenvalue weighted by Gasteiger charge is -2.29. The van der Waals surface area contributed by atoms with Crippen LogP contribution in [-0.2, 0) is 14.3 Å². The van der Waals surface area contributed by atoms with E-state index in [9.17, 15) is 9.59 Å². The van der Waals surface area contributed by atoms with Gasteiger partial charge in [0.05, 0.1) is 49.7 Å². The van der Waals surface area contributed by atoms with Crippen LogP contribution in [0.25, 0.3) is 5.69 Å². The topological polar surface area (TPSA) is 85.7 Å². The predicted molar refractivity (Wildman–Crippen MR) is 126 cm³/mol. The van der Waals surface area contributed by atoms with E-state index in [0.29, 0.717) is 22.9 Å². The Bertz CT molecular complexity index is 1160. The minimum Gasteiger partial charge on any atom is -0.469 e. The van der Waals surface area contributed by atoms with Crippen molar-refractivity contribution in [3.8, 4) is 5.69 Å². The Balaban J connectivity index is 1.81. The number of nitrogens with one attached hydrogen (secondary N) is 1. The molecule has 1 fully saturated rings. The molecule has 1 aliphatic heterocycles. The zero-order valence-electron chi connectivity index (χ0n) is 18.3. The van der Waals surface area contributed by atoms with Gasteiger partial charge in [-0.3, -0.25) is 9.78 Å². The van der Waals surface area contributed by atoms with Crippen LogP contribution in [-0.4, -0.2) is 52.3 Å². The molecule has 1 aromatic carbocycles. The van der Waals surface area contributed by atoms with E-state index in [1.807, 2.05) is 58.1 Å². The normalized spacial score (nSPS) is 17.5. The zero-order valence-corrected chi connectivity index (χ0v) is 19.1. The van der Waals surface area contributed by atoms with Gasteiger partial charge in [0, 0.05) is 24.6 Å². The summed E-state index contributed by atoms with van der Waals surface area (Å²) in [5, 5.41) is 3.89. The van der Waals surface area contributed by atoms with Crippen LogP contribution in [0, 0.1) is 0 Å². The molecule has 0 unspecified atom stereocenters. The maximum Gasteiger partial charge on any atom is 0.339 e. The lowest BCUT2D eigenvalue weighted by atomic mass is 10.0. The van der Waals surface area contributed by atoms with E-state index >= 15 is 0 Å². The fourth-order valence-corrected chi connectivity index (χ4v) is 4.43. The standard InChI is InChI=1S/C24H24N4O4S/c1-31-20(29)12-15-28-22(21(26-24(28)33)17-9-5-6-13-25-17)19-11-7-14-27(19)18-10-4-3-8-16(18)23(30)32-2/h3-11,13-14,21-22H,12,15H2,1-2H3,(H,26,33)/t21-,22+/m0/s1. The summed E-state index contributed by atoms with van der Waals surface area (Å²) in [6, 6.07) is 16.3. The molecule has 0 saturated carbocycles. The molecular weight excluding hydrogens is 440 g/mol. The molecule has 8 nitrogen and oxygen atoms in total. The lowest BCUT2D eigenvalue weighted by molar-refractivity contribution is -0.140. The average molecular weight is 465 g/mol. The van der Waals surface area contributed by atoms with E-state index in [1.54, 1.807) is 18.3 Å². The molecule has 0 radical (unpaired) electrons. The van der Waals surface area contributed by atoms with Crippen LogP contribution in [0.3, 0.4) is 0 Å². The second kappa shape index (κ2) is 9.83. The van der Waals surface area contributed by atoms with Gasteiger partial charge in [-0.2, -0.15) is 0 Å². The fourth-order valence-electron chi connectivity index (χ4n) is 4.10. The summed E-state index contributed by atoms with van der Waals surface area (Å²) < 4.78 is 11.8. The van der Waals surface area contributed by atoms with Crippen molar-refractivity contribution in [1.82, 2.24) is 19.8 Å². The Labute approximate surface area is 197 Å². The van der Waals surface area contributed by atoms with E-state index in [2.05, 4.69) is 10.3 Å². The first kappa shape index (κ1) is 22.5. The average Bonchev–Trinajstić information content (AvgIpc) is 3.46. The summed E-state index contributed by atoms with van der Waals surface area (Å²) >= 11 is 5.65. The van der Waals surface area contributed by atoms with Gasteiger partial charge in [0.25, 0.3) is 0 Å². The van der Waals surface area contributed by atoms with Gasteiger partial charge >= 0.3 is 11.9 Å². The molecule has 1 N–H and O–H groups in total. The number of pyridine rings is 1. The highest BCUT2D eigenvalue weighted by molar-refractivity contribution is 7.80. The molecule has 4 rings (SSSR count). The summed E-state index contributed by atoms with van der Waals surface area (Å²) in [5.41, 5.74) is 2.84. The highest BCUT2D eigenvalue weighted by atomic mass is 32.1. The Morgan fingerprint density at radius 3 is 2.58 bits per heavy atom. The SMILES string of the molecule is COC(=O)CCN1C(=S)N[C@@H](c2ccccn2)[C@H]1c1cccn1-c1ccccc1C(=O)OC. The van der Waals surface area contributed by atoms with Crippen LogP contribution >= 0.6 is 12.2 Å². The molecule has 2 atom stereocenters. The largest absolute Gasteiger partial charge is 0.469 e. The third-order valence-corrected chi connectivity index (χ3v) is 5.99. The first-order valence-electron chi connectivity index (χ1n) is 10.4. The molecule has 1 saturated heterocycles. The van der Waals surface area contributed by atoms with Crippen LogP contribution in [0.1, 0.15) is 40.3 Å². The number of methoxy groups -OCH3 is 2. The molecule has 0 aliphatic carbocycles. The van der Waals surface area contributed by atoms with Gasteiger partial charge in [-0.25, -0.2) is 4.79 Å². The number of esters is 2. The summed E-state index contributed by atoms with van der Waals surface area (Å²) in [4.78, 5) is 30.8. The molecule has 170 valence electrons. The maximum atomic E-state index is 12.4. The molecule has 0 bridgehead atoms. The third-order valence-electron chi connectivity index (χ3n) is 5.63. The molecule has 9 heteroatoms. The highest BCUT2D eigenvalue weighted by Crippen LogP contribution is 2.39. The van der Waals surface area contributed by atoms with Crippen LogP contribution in [0.15, 0.2) is 67.0 Å². The van der Waals surface area contributed by atoms with E-state index in [4.69, 9.17) is 21.7 Å². The predicted octanol–water partition coefficient (Wildman–Crippen LogP) is 3.19. The summed E-state index contributed by atoms with van der Waals surface area (Å²) in [6.07, 6.45) is 3.81. The molecule has 3 aromatic rings. The number of benzene rings is 1. The lowest BCUT2D eigenvalue weighted by Crippen LogP contribution is -2.32. The Morgan fingerprint density at radius 2 is 1.85 bits per heavy atom. The van der Waals surface area contributed by atoms with Crippen LogP contribution in [0.4, 0.5) is 0 Å². The van der Waals surface area contributed by atoms with Crippen molar-refractivity contribution < 1.29 is 19.1 Å². The molecule has 0 spiro atoms. The third kappa shape index (κ3) is 4.45. The maximum absolute atomic E-state index is 12.4. The smallest absolute Gasteiger partial charge is 0.339 e. The van der Waals surface area contributed by atoms with Gasteiger partial charge in [-0.15, -0.1) is 0 Å². The van der Waals surface area contributed by atoms with Crippen LogP contribution < -0.4 is 5.32 Å². The fraction of sp³-hybridized carbons (Fsp3) is 0.250. The Kier molecular flexibility index (Phi) is 6.69. The Morgan fingerprint density at radius 1 is 1.06 bits per heavy atom. The van der Waals surface area contributed by atoms with E-state index in [-0.39, 0.29) is 24.5 Å². The van der Waals surface area contributed by atoms with E-state index in [0.717, 1.165) is 11.4 Å². The minimum absolute atomic E-state index is 0.184. The number of carbonyl (C=O) groups excluding carboxylic acids is 2. The van der Waals surface area contributed by atoms with Crippen molar-refractivity contribution in [2.75, 3.05) is 20.8 Å². The second-order valence-electron chi connectivity index (χ2n) is 7.46. The zero-order chi connectivity index (χ0) is 23.4. The van der Waals surface area contributed by atoms with Gasteiger partial charge in [-0.1, -0.05) is 18.2 Å². The van der Waals surface area contributed by atoms with Crippen molar-refractivity contribution >= 4 is 29.3 Å². The quantitative estimate of drug-likeness (QED) is 0.422. The summed E-state index contributed by atoms with van der Waals surface area (Å²) in [7, 11) is 2.73. The number of hydrogen-bond donors (Lipinski definition) is 1. The van der Waals surface area contributed by atoms with Gasteiger partial charge in [0.15, 0.2) is 5.11 Å². The van der Waals surface area contributed by atoms with Crippen molar-refractivity contribution in [2.24, 2.45) is 0 Å². The molecule has 0 amide bonds. The van der Waals surface area contributed by atoms with Gasteiger partial charge < -0.3 is 24.3 Å². The molecule has 2 aromatic heterocycles. The number of ether oxygens (including phenoxy) is 2. The molecular formula is C24H24N4O4S. The number of hydrogen-bond acceptors (Lipinski definition) is 6. The van der Waals surface area contributed by atoms with Crippen molar-refractivity contribution in [3.05, 3.63) is 83.9 Å². The van der Waals surface area contributed by atoms with E-state index < -0.39 is 5.97 Å². The summed E-state index contributed by atoms with van der Waals surface area (Å²) in [6.45, 7) is 0.371. The van der Waals surface area contributed by atoms with Gasteiger partial charge in [-0.05, 0) is 48.6 Å². The Hall–Kier alpha value is -3.72. The number of thiocarbonyl (C=S) groups is 1. The first-order chi connectivity index (χ1) is 16.0. The number of para-hydroxylation sites is 1. The minimum atomic E-state index is -0.422. The van der Waals surface area contributed by atoms with Crippen molar-refractivity contribution in [2.45, 2.75) is 18.5 Å². The van der Waals surface area contributed by atoms with Gasteiger partial charge in [0.2, 0.25) is 0 Å². The van der Waals surface area contributed by atoms with Crippen molar-refractivity contribution in [1.29, 1.82) is 0 Å². The van der Waals surface area contributed by atoms with Crippen LogP contribution in [0.5, 0.6) is 0 Å². The monoisotopic (exact) mass is 464 g/mol. The number of aromatic nitrogens is 2. The van der Waals surface area contributed by atoms with Crippen LogP contribution in [0.2, 0.25) is 0 Å². The van der Waals surface area contributed by atoms with Gasteiger partial charge in [0.1, 0.15) is 0 Å². The number of carbonyl (C=O) groups is 2. The van der Waals surface area contributed by atoms with Crippen molar-refractivity contribution in [3.63, 3.8) is 0 Å². The van der Waals surface area contributed by atoms with E-state index in [1.165, 1.54) is 14.2 Å². The number of nitrogens with zero attached hydrogens (tertiary/aromatic N) is 3. The second-order valence-corrected chi connectivity index (χ2v) is 7.84. The molecule has 33 heavy (non-hydrogen) atoms. The highest BCUT2D eigenvalue weighted by Gasteiger charge is 2.41. The number of rotatable bonds is 7. The summed E-state index contributed by atoms with van der Waals surface area (Å²) in [5.74, 6) is -0.738. The molecule has 3 heterocycles. The molecule has 1 aliphatic rings. The first-order valence-corrected chi connectivity index (χ1v) is 10.9.